The van der Waals surface area contributed by atoms with Crippen molar-refractivity contribution in [1.29, 1.82) is 0 Å². The molecule has 5 nitrogen and oxygen atoms in total. The fourth-order valence-electron chi connectivity index (χ4n) is 2.35. The van der Waals surface area contributed by atoms with Crippen LogP contribution in [0.25, 0.3) is 0 Å². The van der Waals surface area contributed by atoms with Crippen LogP contribution in [0.15, 0.2) is 24.3 Å². The van der Waals surface area contributed by atoms with Gasteiger partial charge in [0.05, 0.1) is 0 Å². The lowest BCUT2D eigenvalue weighted by molar-refractivity contribution is -0.150. The van der Waals surface area contributed by atoms with Crippen molar-refractivity contribution in [2.75, 3.05) is 26.3 Å². The number of rotatable bonds is 6. The summed E-state index contributed by atoms with van der Waals surface area (Å²) in [5, 5.41) is 9.08. The van der Waals surface area contributed by atoms with Gasteiger partial charge in [-0.3, -0.25) is 4.90 Å². The Morgan fingerprint density at radius 1 is 1.50 bits per heavy atom. The van der Waals surface area contributed by atoms with Gasteiger partial charge in [-0.15, -0.1) is 0 Å². The van der Waals surface area contributed by atoms with E-state index in [9.17, 15) is 4.79 Å². The third kappa shape index (κ3) is 3.95. The maximum atomic E-state index is 11.1. The number of fused-ring (bicyclic) bond motifs is 1. The first kappa shape index (κ1) is 14.8. The average Bonchev–Trinajstić information content (AvgIpc) is 2.64. The molecule has 0 saturated heterocycles. The summed E-state index contributed by atoms with van der Waals surface area (Å²) in [7, 11) is 0. The summed E-state index contributed by atoms with van der Waals surface area (Å²) in [6, 6.07) is 7.97. The molecule has 0 radical (unpaired) electrons. The standard InChI is InChI=1S/C15H21NO4/c1-2-19-14(15(17)18)7-8-16-9-10-20-13-6-4-3-5-12(13)11-16/h3-6,14H,2,7-11H2,1H3,(H,17,18). The van der Waals surface area contributed by atoms with Crippen LogP contribution in [0, 0.1) is 0 Å². The monoisotopic (exact) mass is 279 g/mol. The highest BCUT2D eigenvalue weighted by molar-refractivity contribution is 5.72. The first-order chi connectivity index (χ1) is 9.70. The van der Waals surface area contributed by atoms with E-state index in [2.05, 4.69) is 4.90 Å². The average molecular weight is 279 g/mol. The summed E-state index contributed by atoms with van der Waals surface area (Å²) in [6.07, 6.45) is -0.231. The first-order valence-corrected chi connectivity index (χ1v) is 6.98. The lowest BCUT2D eigenvalue weighted by Crippen LogP contribution is -2.33. The van der Waals surface area contributed by atoms with Crippen molar-refractivity contribution in [3.63, 3.8) is 0 Å². The fraction of sp³-hybridized carbons (Fsp3) is 0.533. The molecule has 1 aliphatic heterocycles. The summed E-state index contributed by atoms with van der Waals surface area (Å²) in [5.41, 5.74) is 1.15. The van der Waals surface area contributed by atoms with Crippen LogP contribution < -0.4 is 4.74 Å². The SMILES string of the molecule is CCOC(CCN1CCOc2ccccc2C1)C(=O)O. The Morgan fingerprint density at radius 2 is 2.30 bits per heavy atom. The number of aliphatic carboxylic acids is 1. The van der Waals surface area contributed by atoms with Gasteiger partial charge in [-0.25, -0.2) is 4.79 Å². The van der Waals surface area contributed by atoms with E-state index in [1.807, 2.05) is 31.2 Å². The molecule has 1 aromatic rings. The maximum Gasteiger partial charge on any atom is 0.332 e. The Morgan fingerprint density at radius 3 is 3.05 bits per heavy atom. The second-order valence-corrected chi connectivity index (χ2v) is 4.80. The molecular weight excluding hydrogens is 258 g/mol. The van der Waals surface area contributed by atoms with Crippen LogP contribution in [0.2, 0.25) is 0 Å². The van der Waals surface area contributed by atoms with E-state index in [-0.39, 0.29) is 0 Å². The summed E-state index contributed by atoms with van der Waals surface area (Å²) >= 11 is 0. The molecule has 1 aliphatic rings. The first-order valence-electron chi connectivity index (χ1n) is 6.98. The van der Waals surface area contributed by atoms with Crippen LogP contribution in [0.5, 0.6) is 5.75 Å². The van der Waals surface area contributed by atoms with Crippen LogP contribution >= 0.6 is 0 Å². The molecule has 1 N–H and O–H groups in total. The number of carboxylic acid groups (broad SMARTS) is 1. The molecule has 110 valence electrons. The lowest BCUT2D eigenvalue weighted by atomic mass is 10.2. The highest BCUT2D eigenvalue weighted by Gasteiger charge is 2.20. The van der Waals surface area contributed by atoms with E-state index in [0.717, 1.165) is 24.4 Å². The van der Waals surface area contributed by atoms with Crippen molar-refractivity contribution in [3.05, 3.63) is 29.8 Å². The normalized spacial score (nSPS) is 16.9. The van der Waals surface area contributed by atoms with Crippen LogP contribution in [-0.4, -0.2) is 48.4 Å². The zero-order chi connectivity index (χ0) is 14.4. The van der Waals surface area contributed by atoms with Crippen molar-refractivity contribution in [2.24, 2.45) is 0 Å². The molecule has 0 spiro atoms. The number of ether oxygens (including phenoxy) is 2. The van der Waals surface area contributed by atoms with Gasteiger partial charge in [-0.05, 0) is 19.4 Å². The van der Waals surface area contributed by atoms with E-state index in [1.54, 1.807) is 0 Å². The molecule has 20 heavy (non-hydrogen) atoms. The van der Waals surface area contributed by atoms with Gasteiger partial charge in [0.1, 0.15) is 12.4 Å². The van der Waals surface area contributed by atoms with Gasteiger partial charge in [-0.2, -0.15) is 0 Å². The molecule has 2 rings (SSSR count). The summed E-state index contributed by atoms with van der Waals surface area (Å²) in [6.45, 7) is 5.13. The minimum Gasteiger partial charge on any atom is -0.492 e. The summed E-state index contributed by atoms with van der Waals surface area (Å²) in [4.78, 5) is 13.3. The molecule has 1 heterocycles. The number of benzene rings is 1. The molecule has 1 unspecified atom stereocenters. The Balaban J connectivity index is 1.92. The van der Waals surface area contributed by atoms with Gasteiger partial charge in [-0.1, -0.05) is 18.2 Å². The molecule has 0 amide bonds. The van der Waals surface area contributed by atoms with Gasteiger partial charge in [0.2, 0.25) is 0 Å². The smallest absolute Gasteiger partial charge is 0.332 e. The maximum absolute atomic E-state index is 11.1. The van der Waals surface area contributed by atoms with E-state index >= 15 is 0 Å². The van der Waals surface area contributed by atoms with Gasteiger partial charge in [0, 0.05) is 31.8 Å². The van der Waals surface area contributed by atoms with Crippen molar-refractivity contribution in [2.45, 2.75) is 26.0 Å². The second kappa shape index (κ2) is 7.26. The summed E-state index contributed by atoms with van der Waals surface area (Å²) < 4.78 is 10.9. The Kier molecular flexibility index (Phi) is 5.38. The third-order valence-electron chi connectivity index (χ3n) is 3.38. The number of hydrogen-bond acceptors (Lipinski definition) is 4. The van der Waals surface area contributed by atoms with Gasteiger partial charge in [0.25, 0.3) is 0 Å². The Bertz CT molecular complexity index is 449. The van der Waals surface area contributed by atoms with Crippen LogP contribution in [0.1, 0.15) is 18.9 Å². The van der Waals surface area contributed by atoms with Crippen LogP contribution in [0.3, 0.4) is 0 Å². The minimum atomic E-state index is -0.890. The second-order valence-electron chi connectivity index (χ2n) is 4.80. The number of para-hydroxylation sites is 1. The molecule has 0 aliphatic carbocycles. The zero-order valence-corrected chi connectivity index (χ0v) is 11.7. The number of nitrogens with zero attached hydrogens (tertiary/aromatic N) is 1. The minimum absolute atomic E-state index is 0.420. The Labute approximate surface area is 119 Å². The number of hydrogen-bond donors (Lipinski definition) is 1. The molecule has 0 saturated carbocycles. The van der Waals surface area contributed by atoms with E-state index in [0.29, 0.717) is 26.2 Å². The largest absolute Gasteiger partial charge is 0.492 e. The van der Waals surface area contributed by atoms with Gasteiger partial charge >= 0.3 is 5.97 Å². The topological polar surface area (TPSA) is 59.0 Å². The molecule has 5 heteroatoms. The zero-order valence-electron chi connectivity index (χ0n) is 11.7. The van der Waals surface area contributed by atoms with E-state index in [4.69, 9.17) is 14.6 Å². The Hall–Kier alpha value is -1.59. The molecule has 0 fully saturated rings. The van der Waals surface area contributed by atoms with Crippen molar-refractivity contribution >= 4 is 5.97 Å². The van der Waals surface area contributed by atoms with Crippen molar-refractivity contribution in [1.82, 2.24) is 4.90 Å². The predicted molar refractivity (Wildman–Crippen MR) is 74.9 cm³/mol. The quantitative estimate of drug-likeness (QED) is 0.860. The van der Waals surface area contributed by atoms with Crippen LogP contribution in [-0.2, 0) is 16.1 Å². The molecule has 0 bridgehead atoms. The summed E-state index contributed by atoms with van der Waals surface area (Å²) in [5.74, 6) is 0.0351. The third-order valence-corrected chi connectivity index (χ3v) is 3.38. The number of carboxylic acids is 1. The van der Waals surface area contributed by atoms with Gasteiger partial charge < -0.3 is 14.6 Å². The number of carbonyl (C=O) groups is 1. The van der Waals surface area contributed by atoms with Gasteiger partial charge in [0.15, 0.2) is 6.10 Å². The molecule has 0 aromatic heterocycles. The molecule has 1 aromatic carbocycles. The highest BCUT2D eigenvalue weighted by atomic mass is 16.5. The van der Waals surface area contributed by atoms with E-state index in [1.165, 1.54) is 0 Å². The predicted octanol–water partition coefficient (Wildman–Crippen LogP) is 1.76. The van der Waals surface area contributed by atoms with Crippen molar-refractivity contribution in [3.8, 4) is 5.75 Å². The lowest BCUT2D eigenvalue weighted by Gasteiger charge is -2.21. The highest BCUT2D eigenvalue weighted by Crippen LogP contribution is 2.22. The van der Waals surface area contributed by atoms with Crippen LogP contribution in [0.4, 0.5) is 0 Å². The molecule has 1 atom stereocenters. The fourth-order valence-corrected chi connectivity index (χ4v) is 2.35. The van der Waals surface area contributed by atoms with E-state index < -0.39 is 12.1 Å². The molecular formula is C15H21NO4. The van der Waals surface area contributed by atoms with Crippen molar-refractivity contribution < 1.29 is 19.4 Å².